The number of pyridine rings is 2. The summed E-state index contributed by atoms with van der Waals surface area (Å²) in [5, 5.41) is 6.08. The second-order valence-electron chi connectivity index (χ2n) is 7.25. The van der Waals surface area contributed by atoms with Gasteiger partial charge in [-0.25, -0.2) is 13.8 Å². The lowest BCUT2D eigenvalue weighted by Crippen LogP contribution is -2.21. The fourth-order valence-electron chi connectivity index (χ4n) is 3.49. The first-order valence-electron chi connectivity index (χ1n) is 10.2. The summed E-state index contributed by atoms with van der Waals surface area (Å²) in [6.07, 6.45) is 5.94. The number of rotatable bonds is 5. The molecule has 2 aromatic heterocycles. The molecule has 3 aromatic rings. The van der Waals surface area contributed by atoms with Gasteiger partial charge < -0.3 is 15.4 Å². The zero-order chi connectivity index (χ0) is 21.6. The van der Waals surface area contributed by atoms with Gasteiger partial charge in [0, 0.05) is 12.3 Å². The Labute approximate surface area is 178 Å². The number of nitrogens with one attached hydrogen (secondary N) is 2. The highest BCUT2D eigenvalue weighted by atomic mass is 19.1. The smallest absolute Gasteiger partial charge is 0.274 e. The molecule has 0 bridgehead atoms. The van der Waals surface area contributed by atoms with E-state index in [-0.39, 0.29) is 23.1 Å². The fourth-order valence-corrected chi connectivity index (χ4v) is 3.49. The predicted octanol–water partition coefficient (Wildman–Crippen LogP) is 4.20. The van der Waals surface area contributed by atoms with Gasteiger partial charge in [-0.05, 0) is 56.6 Å². The third kappa shape index (κ3) is 5.03. The van der Waals surface area contributed by atoms with Gasteiger partial charge >= 0.3 is 0 Å². The zero-order valence-electron chi connectivity index (χ0n) is 16.8. The van der Waals surface area contributed by atoms with Crippen LogP contribution in [0.15, 0.2) is 54.9 Å². The first-order chi connectivity index (χ1) is 15.1. The molecule has 0 saturated carbocycles. The molecule has 2 N–H and O–H groups in total. The van der Waals surface area contributed by atoms with Gasteiger partial charge in [0.15, 0.2) is 0 Å². The number of anilines is 1. The number of ether oxygens (including phenoxy) is 1. The SMILES string of the molecule is O=C(Nc1cnccc1OC1CCCNCC1)c1cccc(-c2c(F)cccc2F)n1. The van der Waals surface area contributed by atoms with E-state index in [9.17, 15) is 13.6 Å². The van der Waals surface area contributed by atoms with Crippen molar-refractivity contribution in [1.82, 2.24) is 15.3 Å². The summed E-state index contributed by atoms with van der Waals surface area (Å²) in [6.45, 7) is 1.84. The molecule has 1 saturated heterocycles. The van der Waals surface area contributed by atoms with Crippen molar-refractivity contribution >= 4 is 11.6 Å². The summed E-state index contributed by atoms with van der Waals surface area (Å²) in [4.78, 5) is 21.0. The number of carbonyl (C=O) groups excluding carboxylic acids is 1. The van der Waals surface area contributed by atoms with Crippen molar-refractivity contribution in [1.29, 1.82) is 0 Å². The summed E-state index contributed by atoms with van der Waals surface area (Å²) < 4.78 is 34.3. The summed E-state index contributed by atoms with van der Waals surface area (Å²) in [5.74, 6) is -1.50. The molecule has 3 heterocycles. The first kappa shape index (κ1) is 20.9. The van der Waals surface area contributed by atoms with Gasteiger partial charge in [0.2, 0.25) is 0 Å². The first-order valence-corrected chi connectivity index (χ1v) is 10.2. The molecule has 0 spiro atoms. The van der Waals surface area contributed by atoms with Gasteiger partial charge in [-0.1, -0.05) is 12.1 Å². The van der Waals surface area contributed by atoms with Crippen LogP contribution in [-0.4, -0.2) is 35.1 Å². The fraction of sp³-hybridized carbons (Fsp3) is 0.261. The Morgan fingerprint density at radius 3 is 2.71 bits per heavy atom. The highest BCUT2D eigenvalue weighted by Crippen LogP contribution is 2.27. The van der Waals surface area contributed by atoms with Crippen molar-refractivity contribution in [2.75, 3.05) is 18.4 Å². The average Bonchev–Trinajstić information content (AvgIpc) is 3.04. The molecule has 0 radical (unpaired) electrons. The average molecular weight is 424 g/mol. The van der Waals surface area contributed by atoms with E-state index >= 15 is 0 Å². The van der Waals surface area contributed by atoms with Gasteiger partial charge in [0.1, 0.15) is 34.9 Å². The molecule has 8 heteroatoms. The van der Waals surface area contributed by atoms with Crippen molar-refractivity contribution in [3.8, 4) is 17.0 Å². The van der Waals surface area contributed by atoms with E-state index in [1.54, 1.807) is 12.3 Å². The molecular weight excluding hydrogens is 402 g/mol. The number of halogens is 2. The minimum absolute atomic E-state index is 0.0219. The van der Waals surface area contributed by atoms with Crippen LogP contribution >= 0.6 is 0 Å². The van der Waals surface area contributed by atoms with Crippen LogP contribution < -0.4 is 15.4 Å². The topological polar surface area (TPSA) is 76.1 Å². The second kappa shape index (κ2) is 9.61. The maximum atomic E-state index is 14.1. The van der Waals surface area contributed by atoms with Gasteiger partial charge in [0.25, 0.3) is 5.91 Å². The van der Waals surface area contributed by atoms with Crippen LogP contribution in [0.5, 0.6) is 5.75 Å². The van der Waals surface area contributed by atoms with Crippen LogP contribution in [0.4, 0.5) is 14.5 Å². The summed E-state index contributed by atoms with van der Waals surface area (Å²) in [7, 11) is 0. The van der Waals surface area contributed by atoms with Crippen LogP contribution in [0, 0.1) is 11.6 Å². The van der Waals surface area contributed by atoms with Crippen LogP contribution in [0.2, 0.25) is 0 Å². The molecule has 6 nitrogen and oxygen atoms in total. The molecule has 31 heavy (non-hydrogen) atoms. The van der Waals surface area contributed by atoms with Crippen LogP contribution in [0.1, 0.15) is 29.8 Å². The lowest BCUT2D eigenvalue weighted by Gasteiger charge is -2.19. The lowest BCUT2D eigenvalue weighted by atomic mass is 10.1. The normalized spacial score (nSPS) is 16.4. The van der Waals surface area contributed by atoms with E-state index in [2.05, 4.69) is 20.6 Å². The molecule has 4 rings (SSSR count). The number of carbonyl (C=O) groups is 1. The summed E-state index contributed by atoms with van der Waals surface area (Å²) in [6, 6.07) is 9.74. The van der Waals surface area contributed by atoms with Crippen LogP contribution in [-0.2, 0) is 0 Å². The third-order valence-corrected chi connectivity index (χ3v) is 5.05. The Balaban J connectivity index is 1.54. The Hall–Kier alpha value is -3.39. The Morgan fingerprint density at radius 1 is 1.06 bits per heavy atom. The number of hydrogen-bond acceptors (Lipinski definition) is 5. The lowest BCUT2D eigenvalue weighted by molar-refractivity contribution is 0.102. The summed E-state index contributed by atoms with van der Waals surface area (Å²) >= 11 is 0. The van der Waals surface area contributed by atoms with Gasteiger partial charge in [-0.3, -0.25) is 9.78 Å². The van der Waals surface area contributed by atoms with Crippen molar-refractivity contribution in [3.63, 3.8) is 0 Å². The zero-order valence-corrected chi connectivity index (χ0v) is 16.8. The molecule has 1 aromatic carbocycles. The number of hydrogen-bond donors (Lipinski definition) is 2. The Bertz CT molecular complexity index is 1050. The van der Waals surface area contributed by atoms with Crippen molar-refractivity contribution < 1.29 is 18.3 Å². The number of nitrogens with zero attached hydrogens (tertiary/aromatic N) is 2. The maximum absolute atomic E-state index is 14.1. The van der Waals surface area contributed by atoms with E-state index in [0.29, 0.717) is 11.4 Å². The standard InChI is InChI=1S/C23H22F2N4O2/c24-16-5-1-6-17(25)22(16)18-7-2-8-19(28-18)23(30)29-20-14-27-13-10-21(20)31-15-4-3-11-26-12-9-15/h1-2,5-8,10,13-15,26H,3-4,9,11-12H2,(H,29,30). The summed E-state index contributed by atoms with van der Waals surface area (Å²) in [5.41, 5.74) is 0.198. The highest BCUT2D eigenvalue weighted by molar-refractivity contribution is 6.03. The molecule has 1 amide bonds. The molecule has 1 unspecified atom stereocenters. The minimum Gasteiger partial charge on any atom is -0.488 e. The second-order valence-corrected chi connectivity index (χ2v) is 7.25. The Kier molecular flexibility index (Phi) is 6.47. The van der Waals surface area contributed by atoms with Crippen molar-refractivity contribution in [3.05, 3.63) is 72.2 Å². The largest absolute Gasteiger partial charge is 0.488 e. The number of amides is 1. The molecule has 1 aliphatic rings. The maximum Gasteiger partial charge on any atom is 0.274 e. The van der Waals surface area contributed by atoms with Gasteiger partial charge in [-0.15, -0.1) is 0 Å². The molecular formula is C23H22F2N4O2. The molecule has 1 atom stereocenters. The quantitative estimate of drug-likeness (QED) is 0.642. The van der Waals surface area contributed by atoms with Crippen LogP contribution in [0.25, 0.3) is 11.3 Å². The van der Waals surface area contributed by atoms with E-state index in [4.69, 9.17) is 4.74 Å². The van der Waals surface area contributed by atoms with E-state index in [1.165, 1.54) is 30.5 Å². The van der Waals surface area contributed by atoms with Crippen LogP contribution in [0.3, 0.4) is 0 Å². The molecule has 0 aliphatic carbocycles. The molecule has 160 valence electrons. The predicted molar refractivity (Wildman–Crippen MR) is 113 cm³/mol. The van der Waals surface area contributed by atoms with Crippen molar-refractivity contribution in [2.24, 2.45) is 0 Å². The van der Waals surface area contributed by atoms with Gasteiger partial charge in [0.05, 0.1) is 17.5 Å². The molecule has 1 fully saturated rings. The third-order valence-electron chi connectivity index (χ3n) is 5.05. The van der Waals surface area contributed by atoms with Gasteiger partial charge in [-0.2, -0.15) is 0 Å². The Morgan fingerprint density at radius 2 is 1.87 bits per heavy atom. The minimum atomic E-state index is -0.745. The highest BCUT2D eigenvalue weighted by Gasteiger charge is 2.18. The van der Waals surface area contributed by atoms with E-state index in [0.717, 1.165) is 44.5 Å². The van der Waals surface area contributed by atoms with Crippen molar-refractivity contribution in [2.45, 2.75) is 25.4 Å². The number of aromatic nitrogens is 2. The molecule has 1 aliphatic heterocycles. The number of benzene rings is 1. The van der Waals surface area contributed by atoms with E-state index in [1.807, 2.05) is 0 Å². The monoisotopic (exact) mass is 424 g/mol. The van der Waals surface area contributed by atoms with E-state index < -0.39 is 17.5 Å².